The molecule has 0 heterocycles. The molecule has 4 aliphatic carbocycles. The van der Waals surface area contributed by atoms with Gasteiger partial charge in [-0.25, -0.2) is 4.79 Å². The summed E-state index contributed by atoms with van der Waals surface area (Å²) in [5.41, 5.74) is 1.99. The molecule has 178 valence electrons. The predicted molar refractivity (Wildman–Crippen MR) is 122 cm³/mol. The topological polar surface area (TPSA) is 69.7 Å². The minimum atomic E-state index is -0.706. The van der Waals surface area contributed by atoms with Gasteiger partial charge < -0.3 is 9.47 Å². The van der Waals surface area contributed by atoms with Crippen molar-refractivity contribution in [2.45, 2.75) is 91.6 Å². The summed E-state index contributed by atoms with van der Waals surface area (Å²) < 4.78 is 10.2. The Hall–Kier alpha value is -1.65. The number of hydrogen-bond acceptors (Lipinski definition) is 5. The van der Waals surface area contributed by atoms with Crippen LogP contribution in [0.25, 0.3) is 0 Å². The lowest BCUT2D eigenvalue weighted by Gasteiger charge is -2.58. The molecule has 32 heavy (non-hydrogen) atoms. The number of ether oxygens (including phenoxy) is 2. The molecule has 0 bridgehead atoms. The number of hydrogen-bond donors (Lipinski definition) is 0. The lowest BCUT2D eigenvalue weighted by molar-refractivity contribution is -0.152. The van der Waals surface area contributed by atoms with Crippen molar-refractivity contribution in [1.82, 2.24) is 0 Å². The van der Waals surface area contributed by atoms with Gasteiger partial charge in [0.15, 0.2) is 0 Å². The van der Waals surface area contributed by atoms with Crippen LogP contribution in [0, 0.1) is 40.4 Å². The van der Waals surface area contributed by atoms with E-state index in [1.165, 1.54) is 38.9 Å². The molecule has 5 heteroatoms. The number of methoxy groups -OCH3 is 1. The molecule has 0 unspecified atom stereocenters. The Balaban J connectivity index is 1.50. The van der Waals surface area contributed by atoms with Gasteiger partial charge >= 0.3 is 11.9 Å². The maximum atomic E-state index is 12.2. The summed E-state index contributed by atoms with van der Waals surface area (Å²) in [4.78, 5) is 35.3. The molecule has 4 rings (SSSR count). The highest BCUT2D eigenvalue weighted by molar-refractivity contribution is 6.33. The fourth-order valence-corrected chi connectivity index (χ4v) is 8.57. The SMILES string of the molecule is COC(=O)C(=O)C[C@@H](C)[C@H]1CC[C@H]2[C@@H]3CC=C4C[C@@H](OC(C)=O)CC[C@]4(C)[C@H]3CC[C@]12C. The molecule has 0 radical (unpaired) electrons. The van der Waals surface area contributed by atoms with E-state index in [0.717, 1.165) is 32.1 Å². The van der Waals surface area contributed by atoms with Gasteiger partial charge in [-0.3, -0.25) is 9.59 Å². The van der Waals surface area contributed by atoms with E-state index in [2.05, 4.69) is 31.6 Å². The Morgan fingerprint density at radius 1 is 1.09 bits per heavy atom. The maximum absolute atomic E-state index is 12.2. The third kappa shape index (κ3) is 3.84. The van der Waals surface area contributed by atoms with Crippen LogP contribution >= 0.6 is 0 Å². The van der Waals surface area contributed by atoms with E-state index in [9.17, 15) is 14.4 Å². The number of fused-ring (bicyclic) bond motifs is 5. The Morgan fingerprint density at radius 3 is 2.53 bits per heavy atom. The first-order chi connectivity index (χ1) is 15.1. The molecule has 0 spiro atoms. The third-order valence-electron chi connectivity index (χ3n) is 10.1. The second-order valence-corrected chi connectivity index (χ2v) is 11.6. The highest BCUT2D eigenvalue weighted by Gasteiger charge is 2.59. The van der Waals surface area contributed by atoms with Crippen LogP contribution in [0.5, 0.6) is 0 Å². The van der Waals surface area contributed by atoms with Crippen molar-refractivity contribution in [3.63, 3.8) is 0 Å². The normalized spacial score (nSPS) is 41.4. The van der Waals surface area contributed by atoms with Crippen molar-refractivity contribution in [1.29, 1.82) is 0 Å². The molecule has 0 aliphatic heterocycles. The summed E-state index contributed by atoms with van der Waals surface area (Å²) >= 11 is 0. The minimum absolute atomic E-state index is 0.0429. The zero-order chi connectivity index (χ0) is 23.3. The molecular formula is C27H40O5. The molecule has 0 N–H and O–H groups in total. The highest BCUT2D eigenvalue weighted by atomic mass is 16.5. The van der Waals surface area contributed by atoms with Gasteiger partial charge in [-0.2, -0.15) is 0 Å². The molecule has 0 saturated heterocycles. The van der Waals surface area contributed by atoms with Crippen LogP contribution in [-0.2, 0) is 23.9 Å². The monoisotopic (exact) mass is 444 g/mol. The molecular weight excluding hydrogens is 404 g/mol. The van der Waals surface area contributed by atoms with Gasteiger partial charge in [0.25, 0.3) is 0 Å². The quantitative estimate of drug-likeness (QED) is 0.328. The Labute approximate surface area is 192 Å². The smallest absolute Gasteiger partial charge is 0.374 e. The fourth-order valence-electron chi connectivity index (χ4n) is 8.57. The Bertz CT molecular complexity index is 815. The van der Waals surface area contributed by atoms with E-state index in [1.807, 2.05) is 0 Å². The summed E-state index contributed by atoms with van der Waals surface area (Å²) in [5.74, 6) is 1.51. The van der Waals surface area contributed by atoms with Crippen LogP contribution in [0.15, 0.2) is 11.6 Å². The van der Waals surface area contributed by atoms with Crippen LogP contribution in [0.2, 0.25) is 0 Å². The molecule has 3 fully saturated rings. The van der Waals surface area contributed by atoms with Gasteiger partial charge in [0.05, 0.1) is 7.11 Å². The van der Waals surface area contributed by atoms with Gasteiger partial charge in [-0.05, 0) is 85.4 Å². The van der Waals surface area contributed by atoms with Gasteiger partial charge in [0.1, 0.15) is 6.10 Å². The molecule has 4 aliphatic rings. The number of carbonyl (C=O) groups excluding carboxylic acids is 3. The maximum Gasteiger partial charge on any atom is 0.374 e. The van der Waals surface area contributed by atoms with Crippen LogP contribution < -0.4 is 0 Å². The van der Waals surface area contributed by atoms with Crippen molar-refractivity contribution in [2.75, 3.05) is 7.11 Å². The molecule has 0 aromatic rings. The lowest BCUT2D eigenvalue weighted by atomic mass is 9.47. The van der Waals surface area contributed by atoms with Crippen molar-refractivity contribution >= 4 is 17.7 Å². The van der Waals surface area contributed by atoms with E-state index >= 15 is 0 Å². The Morgan fingerprint density at radius 2 is 1.84 bits per heavy atom. The number of esters is 2. The zero-order valence-corrected chi connectivity index (χ0v) is 20.4. The summed E-state index contributed by atoms with van der Waals surface area (Å²) in [6, 6.07) is 0. The summed E-state index contributed by atoms with van der Waals surface area (Å²) in [6.07, 6.45) is 11.8. The highest BCUT2D eigenvalue weighted by Crippen LogP contribution is 2.67. The average molecular weight is 445 g/mol. The molecule has 8 atom stereocenters. The number of Topliss-reactive ketones (excluding diaryl/α,β-unsaturated/α-hetero) is 1. The molecule has 3 saturated carbocycles. The number of ketones is 1. The van der Waals surface area contributed by atoms with Gasteiger partial charge in [0, 0.05) is 19.8 Å². The van der Waals surface area contributed by atoms with Crippen molar-refractivity contribution < 1.29 is 23.9 Å². The van der Waals surface area contributed by atoms with Crippen LogP contribution in [0.1, 0.15) is 85.5 Å². The number of rotatable bonds is 5. The van der Waals surface area contributed by atoms with Crippen molar-refractivity contribution in [2.24, 2.45) is 40.4 Å². The summed E-state index contributed by atoms with van der Waals surface area (Å²) in [7, 11) is 1.28. The predicted octanol–water partition coefficient (Wildman–Crippen LogP) is 5.27. The van der Waals surface area contributed by atoms with Crippen LogP contribution in [0.4, 0.5) is 0 Å². The van der Waals surface area contributed by atoms with Gasteiger partial charge in [-0.15, -0.1) is 0 Å². The van der Waals surface area contributed by atoms with E-state index in [1.54, 1.807) is 0 Å². The molecule has 0 amide bonds. The van der Waals surface area contributed by atoms with E-state index in [-0.39, 0.29) is 34.6 Å². The second-order valence-electron chi connectivity index (χ2n) is 11.6. The first kappa shape index (κ1) is 23.5. The fraction of sp³-hybridized carbons (Fsp3) is 0.815. The third-order valence-corrected chi connectivity index (χ3v) is 10.1. The standard InChI is InChI=1S/C27H40O5/c1-16(14-24(29)25(30)31-5)21-8-9-22-20-7-6-18-15-19(32-17(2)28)10-12-26(18,3)23(20)11-13-27(21,22)4/h6,16,19-23H,7-15H2,1-5H3/t16-,19+,20+,21-,22+,23+,26+,27-/m1/s1. The summed E-state index contributed by atoms with van der Waals surface area (Å²) in [6.45, 7) is 8.59. The van der Waals surface area contributed by atoms with E-state index in [4.69, 9.17) is 4.74 Å². The molecule has 0 aromatic heterocycles. The van der Waals surface area contributed by atoms with Gasteiger partial charge in [0.2, 0.25) is 5.78 Å². The largest absolute Gasteiger partial charge is 0.463 e. The minimum Gasteiger partial charge on any atom is -0.463 e. The first-order valence-corrected chi connectivity index (χ1v) is 12.6. The number of allylic oxidation sites excluding steroid dienone is 1. The van der Waals surface area contributed by atoms with E-state index in [0.29, 0.717) is 30.1 Å². The zero-order valence-electron chi connectivity index (χ0n) is 20.4. The van der Waals surface area contributed by atoms with Crippen LogP contribution in [0.3, 0.4) is 0 Å². The summed E-state index contributed by atoms with van der Waals surface area (Å²) in [5, 5.41) is 0. The van der Waals surface area contributed by atoms with E-state index < -0.39 is 5.97 Å². The second kappa shape index (κ2) is 8.61. The van der Waals surface area contributed by atoms with Crippen molar-refractivity contribution in [3.05, 3.63) is 11.6 Å². The first-order valence-electron chi connectivity index (χ1n) is 12.6. The van der Waals surface area contributed by atoms with Gasteiger partial charge in [-0.1, -0.05) is 32.4 Å². The lowest BCUT2D eigenvalue weighted by Crippen LogP contribution is -2.51. The van der Waals surface area contributed by atoms with Crippen molar-refractivity contribution in [3.8, 4) is 0 Å². The van der Waals surface area contributed by atoms with Crippen LogP contribution in [-0.4, -0.2) is 30.9 Å². The molecule has 5 nitrogen and oxygen atoms in total. The number of carbonyl (C=O) groups is 3. The Kier molecular flexibility index (Phi) is 6.32. The average Bonchev–Trinajstić information content (AvgIpc) is 3.10. The molecule has 0 aromatic carbocycles.